The molecular formula is C14H20ClNO2. The lowest BCUT2D eigenvalue weighted by Gasteiger charge is -2.37. The maximum absolute atomic E-state index is 10.1. The SMILES string of the molecule is CN(c1c(Cl)cccc1CO)C1CCCCC1O. The summed E-state index contributed by atoms with van der Waals surface area (Å²) in [7, 11) is 1.94. The summed E-state index contributed by atoms with van der Waals surface area (Å²) in [6.07, 6.45) is 3.71. The molecule has 1 saturated carbocycles. The molecule has 0 heterocycles. The molecule has 1 aromatic carbocycles. The van der Waals surface area contributed by atoms with Crippen LogP contribution in [0.4, 0.5) is 5.69 Å². The van der Waals surface area contributed by atoms with Gasteiger partial charge in [0.2, 0.25) is 0 Å². The zero-order valence-corrected chi connectivity index (χ0v) is 11.4. The Morgan fingerprint density at radius 2 is 2.06 bits per heavy atom. The summed E-state index contributed by atoms with van der Waals surface area (Å²) in [4.78, 5) is 2.03. The van der Waals surface area contributed by atoms with Gasteiger partial charge in [-0.25, -0.2) is 0 Å². The molecule has 0 aliphatic heterocycles. The Morgan fingerprint density at radius 3 is 2.72 bits per heavy atom. The van der Waals surface area contributed by atoms with E-state index in [2.05, 4.69) is 0 Å². The van der Waals surface area contributed by atoms with Crippen LogP contribution in [0.2, 0.25) is 5.02 Å². The molecule has 3 nitrogen and oxygen atoms in total. The first-order valence-corrected chi connectivity index (χ1v) is 6.82. The lowest BCUT2D eigenvalue weighted by molar-refractivity contribution is 0.106. The molecule has 2 rings (SSSR count). The van der Waals surface area contributed by atoms with Crippen molar-refractivity contribution in [1.29, 1.82) is 0 Å². The highest BCUT2D eigenvalue weighted by molar-refractivity contribution is 6.33. The van der Waals surface area contributed by atoms with Gasteiger partial charge in [-0.1, -0.05) is 36.6 Å². The number of para-hydroxylation sites is 1. The summed E-state index contributed by atoms with van der Waals surface area (Å²) < 4.78 is 0. The molecule has 1 aliphatic rings. The number of hydrogen-bond acceptors (Lipinski definition) is 3. The molecule has 0 saturated heterocycles. The zero-order valence-electron chi connectivity index (χ0n) is 10.6. The zero-order chi connectivity index (χ0) is 13.1. The largest absolute Gasteiger partial charge is 0.392 e. The van der Waals surface area contributed by atoms with Gasteiger partial charge in [-0.2, -0.15) is 0 Å². The van der Waals surface area contributed by atoms with Crippen LogP contribution in [0.5, 0.6) is 0 Å². The van der Waals surface area contributed by atoms with Crippen LogP contribution in [-0.2, 0) is 6.61 Å². The Kier molecular flexibility index (Phi) is 4.49. The van der Waals surface area contributed by atoms with Gasteiger partial charge in [0.05, 0.1) is 29.5 Å². The van der Waals surface area contributed by atoms with Crippen LogP contribution in [0.15, 0.2) is 18.2 Å². The molecule has 1 aliphatic carbocycles. The Balaban J connectivity index is 2.29. The van der Waals surface area contributed by atoms with E-state index >= 15 is 0 Å². The quantitative estimate of drug-likeness (QED) is 0.886. The number of benzene rings is 1. The lowest BCUT2D eigenvalue weighted by atomic mass is 9.91. The molecule has 100 valence electrons. The number of aliphatic hydroxyl groups is 2. The first kappa shape index (κ1) is 13.7. The Bertz CT molecular complexity index is 411. The van der Waals surface area contributed by atoms with Crippen molar-refractivity contribution in [3.05, 3.63) is 28.8 Å². The van der Waals surface area contributed by atoms with Gasteiger partial charge < -0.3 is 15.1 Å². The van der Waals surface area contributed by atoms with Gasteiger partial charge in [0.1, 0.15) is 0 Å². The van der Waals surface area contributed by atoms with Gasteiger partial charge in [-0.05, 0) is 18.9 Å². The summed E-state index contributed by atoms with van der Waals surface area (Å²) in [5.74, 6) is 0. The molecule has 2 unspecified atom stereocenters. The summed E-state index contributed by atoms with van der Waals surface area (Å²) >= 11 is 6.24. The number of nitrogens with zero attached hydrogens (tertiary/aromatic N) is 1. The summed E-state index contributed by atoms with van der Waals surface area (Å²) in [5, 5.41) is 20.1. The van der Waals surface area contributed by atoms with Crippen LogP contribution in [0.25, 0.3) is 0 Å². The molecule has 0 radical (unpaired) electrons. The van der Waals surface area contributed by atoms with Crippen molar-refractivity contribution >= 4 is 17.3 Å². The topological polar surface area (TPSA) is 43.7 Å². The van der Waals surface area contributed by atoms with Crippen molar-refractivity contribution in [1.82, 2.24) is 0 Å². The van der Waals surface area contributed by atoms with Crippen LogP contribution in [-0.4, -0.2) is 29.4 Å². The van der Waals surface area contributed by atoms with Crippen LogP contribution in [0.3, 0.4) is 0 Å². The van der Waals surface area contributed by atoms with Crippen molar-refractivity contribution in [2.75, 3.05) is 11.9 Å². The maximum atomic E-state index is 10.1. The fraction of sp³-hybridized carbons (Fsp3) is 0.571. The molecule has 2 atom stereocenters. The van der Waals surface area contributed by atoms with Crippen molar-refractivity contribution in [2.24, 2.45) is 0 Å². The third-order valence-electron chi connectivity index (χ3n) is 3.78. The average Bonchev–Trinajstić information content (AvgIpc) is 2.38. The van der Waals surface area contributed by atoms with Gasteiger partial charge in [0.25, 0.3) is 0 Å². The van der Waals surface area contributed by atoms with E-state index in [-0.39, 0.29) is 18.8 Å². The molecule has 1 fully saturated rings. The van der Waals surface area contributed by atoms with E-state index in [1.165, 1.54) is 0 Å². The standard InChI is InChI=1S/C14H20ClNO2/c1-16(12-7-2-3-8-13(12)18)14-10(9-17)5-4-6-11(14)15/h4-6,12-13,17-18H,2-3,7-9H2,1H3. The van der Waals surface area contributed by atoms with Gasteiger partial charge in [0, 0.05) is 12.6 Å². The predicted molar refractivity (Wildman–Crippen MR) is 74.0 cm³/mol. The molecule has 1 aromatic rings. The summed E-state index contributed by atoms with van der Waals surface area (Å²) in [6.45, 7) is -0.0386. The van der Waals surface area contributed by atoms with Crippen molar-refractivity contribution < 1.29 is 10.2 Å². The molecule has 18 heavy (non-hydrogen) atoms. The highest BCUT2D eigenvalue weighted by Crippen LogP contribution is 2.34. The number of anilines is 1. The molecule has 2 N–H and O–H groups in total. The second-order valence-corrected chi connectivity index (χ2v) is 5.34. The maximum Gasteiger partial charge on any atom is 0.0743 e. The smallest absolute Gasteiger partial charge is 0.0743 e. The summed E-state index contributed by atoms with van der Waals surface area (Å²) in [5.41, 5.74) is 1.65. The van der Waals surface area contributed by atoms with Gasteiger partial charge in [0.15, 0.2) is 0 Å². The monoisotopic (exact) mass is 269 g/mol. The second-order valence-electron chi connectivity index (χ2n) is 4.94. The molecule has 0 bridgehead atoms. The van der Waals surface area contributed by atoms with Crippen LogP contribution < -0.4 is 4.90 Å². The predicted octanol–water partition coefficient (Wildman–Crippen LogP) is 2.57. The first-order valence-electron chi connectivity index (χ1n) is 6.44. The normalized spacial score (nSPS) is 24.0. The fourth-order valence-electron chi connectivity index (χ4n) is 2.79. The molecule has 0 spiro atoms. The third kappa shape index (κ3) is 2.63. The average molecular weight is 270 g/mol. The van der Waals surface area contributed by atoms with Crippen molar-refractivity contribution in [3.8, 4) is 0 Å². The third-order valence-corrected chi connectivity index (χ3v) is 4.09. The Hall–Kier alpha value is -0.770. The van der Waals surface area contributed by atoms with E-state index in [1.807, 2.05) is 30.1 Å². The number of aliphatic hydroxyl groups excluding tert-OH is 2. The number of hydrogen-bond donors (Lipinski definition) is 2. The van der Waals surface area contributed by atoms with Crippen molar-refractivity contribution in [3.63, 3.8) is 0 Å². The lowest BCUT2D eigenvalue weighted by Crippen LogP contribution is -2.44. The number of halogens is 1. The second kappa shape index (κ2) is 5.91. The van der Waals surface area contributed by atoms with E-state index in [4.69, 9.17) is 11.6 Å². The fourth-order valence-corrected chi connectivity index (χ4v) is 3.12. The summed E-state index contributed by atoms with van der Waals surface area (Å²) in [6, 6.07) is 5.61. The Labute approximate surface area is 113 Å². The first-order chi connectivity index (χ1) is 8.65. The highest BCUT2D eigenvalue weighted by atomic mass is 35.5. The van der Waals surface area contributed by atoms with Gasteiger partial charge in [-0.15, -0.1) is 0 Å². The van der Waals surface area contributed by atoms with Crippen LogP contribution >= 0.6 is 11.6 Å². The van der Waals surface area contributed by atoms with E-state index in [1.54, 1.807) is 0 Å². The van der Waals surface area contributed by atoms with E-state index in [0.717, 1.165) is 36.9 Å². The van der Waals surface area contributed by atoms with Crippen LogP contribution in [0.1, 0.15) is 31.2 Å². The van der Waals surface area contributed by atoms with E-state index < -0.39 is 0 Å². The highest BCUT2D eigenvalue weighted by Gasteiger charge is 2.28. The van der Waals surface area contributed by atoms with Crippen LogP contribution in [0, 0.1) is 0 Å². The number of rotatable bonds is 3. The molecular weight excluding hydrogens is 250 g/mol. The molecule has 0 amide bonds. The number of likely N-dealkylation sites (N-methyl/N-ethyl adjacent to an activating group) is 1. The van der Waals surface area contributed by atoms with E-state index in [0.29, 0.717) is 5.02 Å². The minimum atomic E-state index is -0.313. The van der Waals surface area contributed by atoms with Crippen molar-refractivity contribution in [2.45, 2.75) is 44.4 Å². The minimum absolute atomic E-state index is 0.0386. The Morgan fingerprint density at radius 1 is 1.33 bits per heavy atom. The van der Waals surface area contributed by atoms with E-state index in [9.17, 15) is 10.2 Å². The molecule has 0 aromatic heterocycles. The van der Waals surface area contributed by atoms with Gasteiger partial charge in [-0.3, -0.25) is 0 Å². The van der Waals surface area contributed by atoms with Gasteiger partial charge >= 0.3 is 0 Å². The molecule has 4 heteroatoms. The minimum Gasteiger partial charge on any atom is -0.392 e.